The van der Waals surface area contributed by atoms with Gasteiger partial charge in [-0.15, -0.1) is 5.10 Å². The first-order chi connectivity index (χ1) is 21.2. The number of benzene rings is 1. The summed E-state index contributed by atoms with van der Waals surface area (Å²) in [5, 5.41) is 12.8. The Bertz CT molecular complexity index is 1860. The zero-order valence-corrected chi connectivity index (χ0v) is 25.5. The molecule has 44 heavy (non-hydrogen) atoms. The first kappa shape index (κ1) is 28.7. The van der Waals surface area contributed by atoms with Crippen LogP contribution in [0.4, 0.5) is 4.39 Å². The van der Waals surface area contributed by atoms with Gasteiger partial charge >= 0.3 is 0 Å². The Morgan fingerprint density at radius 2 is 1.84 bits per heavy atom. The monoisotopic (exact) mass is 615 g/mol. The Hall–Kier alpha value is -4.03. The van der Waals surface area contributed by atoms with E-state index in [1.165, 1.54) is 27.4 Å². The number of hydrogen-bond donors (Lipinski definition) is 0. The Labute approximate surface area is 255 Å². The molecule has 3 aromatic heterocycles. The second-order valence-corrected chi connectivity index (χ2v) is 13.8. The summed E-state index contributed by atoms with van der Waals surface area (Å²) in [6.45, 7) is 4.35. The van der Waals surface area contributed by atoms with Crippen molar-refractivity contribution < 1.29 is 17.6 Å². The number of allylic oxidation sites excluding steroid dienone is 1. The number of ketones is 1. The number of aryl methyl sites for hydroxylation is 1. The van der Waals surface area contributed by atoms with E-state index < -0.39 is 21.5 Å². The van der Waals surface area contributed by atoms with Gasteiger partial charge in [-0.1, -0.05) is 18.6 Å². The molecule has 0 N–H and O–H groups in total. The van der Waals surface area contributed by atoms with E-state index in [9.17, 15) is 17.6 Å². The smallest absolute Gasteiger partial charge is 0.264 e. The SMILES string of the molecule is CCN([C@H]1CCC2=Cc3c(cnn3-c3ccc(F)cc3)C[C@]2(C(=O)c2ccc(C3CC3)cn2)C1)S(=O)(=O)c1cnn(CC)n1. The highest BCUT2D eigenvalue weighted by Crippen LogP contribution is 2.51. The molecule has 4 aromatic rings. The Morgan fingerprint density at radius 3 is 2.50 bits per heavy atom. The maximum atomic E-state index is 14.6. The van der Waals surface area contributed by atoms with Crippen molar-refractivity contribution in [3.05, 3.63) is 88.9 Å². The third kappa shape index (κ3) is 4.80. The second-order valence-electron chi connectivity index (χ2n) is 11.9. The second kappa shape index (κ2) is 10.8. The van der Waals surface area contributed by atoms with E-state index >= 15 is 0 Å². The molecule has 0 amide bonds. The van der Waals surface area contributed by atoms with Gasteiger partial charge in [0.05, 0.1) is 35.7 Å². The maximum absolute atomic E-state index is 14.6. The molecule has 0 spiro atoms. The van der Waals surface area contributed by atoms with Crippen LogP contribution in [0, 0.1) is 11.2 Å². The van der Waals surface area contributed by atoms with Crippen LogP contribution in [0.5, 0.6) is 0 Å². The third-order valence-electron chi connectivity index (χ3n) is 9.30. The van der Waals surface area contributed by atoms with E-state index in [0.29, 0.717) is 43.8 Å². The number of rotatable bonds is 9. The van der Waals surface area contributed by atoms with Gasteiger partial charge in [-0.3, -0.25) is 9.78 Å². The van der Waals surface area contributed by atoms with Crippen molar-refractivity contribution in [2.75, 3.05) is 6.54 Å². The van der Waals surface area contributed by atoms with Crippen molar-refractivity contribution in [3.8, 4) is 5.69 Å². The van der Waals surface area contributed by atoms with Gasteiger partial charge in [-0.2, -0.15) is 19.3 Å². The summed E-state index contributed by atoms with van der Waals surface area (Å²) in [6.07, 6.45) is 10.9. The lowest BCUT2D eigenvalue weighted by Crippen LogP contribution is -2.50. The molecule has 0 saturated heterocycles. The van der Waals surface area contributed by atoms with Crippen LogP contribution in [0.25, 0.3) is 11.8 Å². The number of carbonyl (C=O) groups excluding carboxylic acids is 1. The van der Waals surface area contributed by atoms with Gasteiger partial charge in [0.25, 0.3) is 10.0 Å². The predicted octanol–water partition coefficient (Wildman–Crippen LogP) is 4.97. The summed E-state index contributed by atoms with van der Waals surface area (Å²) in [4.78, 5) is 20.6. The summed E-state index contributed by atoms with van der Waals surface area (Å²) in [5.74, 6) is 0.0770. The van der Waals surface area contributed by atoms with Crippen molar-refractivity contribution in [2.45, 2.75) is 75.9 Å². The van der Waals surface area contributed by atoms with Crippen LogP contribution in [0.15, 0.2) is 65.6 Å². The normalized spacial score (nSPS) is 21.5. The minimum absolute atomic E-state index is 0.0910. The van der Waals surface area contributed by atoms with Crippen LogP contribution in [0.3, 0.4) is 0 Å². The highest BCUT2D eigenvalue weighted by Gasteiger charge is 2.51. The number of carbonyl (C=O) groups is 1. The Kier molecular flexibility index (Phi) is 7.08. The summed E-state index contributed by atoms with van der Waals surface area (Å²) < 4.78 is 44.6. The number of Topliss-reactive ketones (excluding diaryl/α,β-unsaturated/α-hetero) is 1. The summed E-state index contributed by atoms with van der Waals surface area (Å²) >= 11 is 0. The van der Waals surface area contributed by atoms with E-state index in [2.05, 4.69) is 20.3 Å². The lowest BCUT2D eigenvalue weighted by Gasteiger charge is -2.46. The lowest BCUT2D eigenvalue weighted by atomic mass is 9.60. The molecule has 7 rings (SSSR count). The molecule has 0 radical (unpaired) electrons. The van der Waals surface area contributed by atoms with Crippen molar-refractivity contribution >= 4 is 21.9 Å². The van der Waals surface area contributed by atoms with Crippen LogP contribution in [-0.2, 0) is 23.0 Å². The van der Waals surface area contributed by atoms with Gasteiger partial charge in [-0.25, -0.2) is 17.5 Å². The average molecular weight is 616 g/mol. The van der Waals surface area contributed by atoms with Crippen molar-refractivity contribution in [1.29, 1.82) is 0 Å². The number of fused-ring (bicyclic) bond motifs is 2. The largest absolute Gasteiger partial charge is 0.291 e. The van der Waals surface area contributed by atoms with Gasteiger partial charge in [0, 0.05) is 18.8 Å². The molecule has 3 aliphatic rings. The fourth-order valence-electron chi connectivity index (χ4n) is 6.86. The van der Waals surface area contributed by atoms with Gasteiger partial charge < -0.3 is 0 Å². The topological polar surface area (TPSA) is 116 Å². The number of halogens is 1. The summed E-state index contributed by atoms with van der Waals surface area (Å²) in [7, 11) is -3.95. The van der Waals surface area contributed by atoms with Gasteiger partial charge in [-0.05, 0) is 98.9 Å². The zero-order chi connectivity index (χ0) is 30.6. The minimum Gasteiger partial charge on any atom is -0.291 e. The van der Waals surface area contributed by atoms with Crippen LogP contribution in [-0.4, -0.2) is 60.9 Å². The minimum atomic E-state index is -3.95. The molecule has 1 aromatic carbocycles. The first-order valence-electron chi connectivity index (χ1n) is 15.2. The average Bonchev–Trinajstić information content (AvgIpc) is 3.62. The van der Waals surface area contributed by atoms with E-state index in [4.69, 9.17) is 0 Å². The third-order valence-corrected chi connectivity index (χ3v) is 11.2. The highest BCUT2D eigenvalue weighted by molar-refractivity contribution is 7.89. The van der Waals surface area contributed by atoms with Crippen LogP contribution >= 0.6 is 0 Å². The van der Waals surface area contributed by atoms with Crippen molar-refractivity contribution in [3.63, 3.8) is 0 Å². The molecule has 0 unspecified atom stereocenters. The molecule has 3 aliphatic carbocycles. The number of pyridine rings is 1. The van der Waals surface area contributed by atoms with Crippen molar-refractivity contribution in [1.82, 2.24) is 34.1 Å². The Morgan fingerprint density at radius 1 is 1.05 bits per heavy atom. The molecular formula is C32H34FN7O3S. The number of nitrogens with zero attached hydrogens (tertiary/aromatic N) is 7. The quantitative estimate of drug-likeness (QED) is 0.244. The van der Waals surface area contributed by atoms with E-state index in [1.807, 2.05) is 38.3 Å². The maximum Gasteiger partial charge on any atom is 0.264 e. The molecule has 0 aliphatic heterocycles. The predicted molar refractivity (Wildman–Crippen MR) is 161 cm³/mol. The fraction of sp³-hybridized carbons (Fsp3) is 0.406. The molecule has 2 atom stereocenters. The van der Waals surface area contributed by atoms with E-state index in [0.717, 1.165) is 40.9 Å². The Balaban J connectivity index is 1.29. The molecule has 2 fully saturated rings. The molecular weight excluding hydrogens is 581 g/mol. The molecule has 10 nitrogen and oxygen atoms in total. The number of sulfonamides is 1. The van der Waals surface area contributed by atoms with Gasteiger partial charge in [0.15, 0.2) is 5.78 Å². The standard InChI is InChI=1S/C32H34FN7O3S/c1-3-38(44(42,43)30-20-35-39(4-2)37-30)27-11-8-24-15-29-23(19-36-40(29)26-12-9-25(33)10-13-26)16-32(24,17-27)31(41)28-14-7-22(18-34-28)21-5-6-21/h7,9-10,12-15,18-21,27H,3-6,8,11,16-17H2,1-2H3/t27-,32-/m0/s1. The summed E-state index contributed by atoms with van der Waals surface area (Å²) in [5.41, 5.74) is 3.91. The molecule has 3 heterocycles. The van der Waals surface area contributed by atoms with Gasteiger partial charge in [0.2, 0.25) is 5.03 Å². The number of aromatic nitrogens is 6. The molecule has 228 valence electrons. The van der Waals surface area contributed by atoms with Crippen LogP contribution < -0.4 is 0 Å². The zero-order valence-electron chi connectivity index (χ0n) is 24.7. The van der Waals surface area contributed by atoms with E-state index in [1.54, 1.807) is 23.0 Å². The highest BCUT2D eigenvalue weighted by atomic mass is 32.2. The number of hydrogen-bond acceptors (Lipinski definition) is 7. The fourth-order valence-corrected chi connectivity index (χ4v) is 8.39. The van der Waals surface area contributed by atoms with Crippen LogP contribution in [0.1, 0.15) is 79.2 Å². The van der Waals surface area contributed by atoms with E-state index in [-0.39, 0.29) is 23.2 Å². The molecule has 0 bridgehead atoms. The summed E-state index contributed by atoms with van der Waals surface area (Å²) in [6, 6.07) is 9.53. The molecule has 12 heteroatoms. The molecule has 2 saturated carbocycles. The first-order valence-corrected chi connectivity index (χ1v) is 16.6. The van der Waals surface area contributed by atoms with Crippen molar-refractivity contribution in [2.24, 2.45) is 5.41 Å². The van der Waals surface area contributed by atoms with Crippen LogP contribution in [0.2, 0.25) is 0 Å². The van der Waals surface area contributed by atoms with Gasteiger partial charge in [0.1, 0.15) is 11.5 Å². The lowest BCUT2D eigenvalue weighted by molar-refractivity contribution is 0.0739.